The molecule has 0 spiro atoms. The molecule has 1 rings (SSSR count). The highest BCUT2D eigenvalue weighted by Gasteiger charge is 2.40. The summed E-state index contributed by atoms with van der Waals surface area (Å²) in [6.07, 6.45) is 1.66. The number of hydrogen-bond donors (Lipinski definition) is 0. The highest BCUT2D eigenvalue weighted by molar-refractivity contribution is 5.77. The summed E-state index contributed by atoms with van der Waals surface area (Å²) in [6.45, 7) is 4.34. The fourth-order valence-corrected chi connectivity index (χ4v) is 1.43. The predicted octanol–water partition coefficient (Wildman–Crippen LogP) is 1.36. The van der Waals surface area contributed by atoms with E-state index >= 15 is 0 Å². The highest BCUT2D eigenvalue weighted by atomic mass is 16.6. The molecule has 70 valence electrons. The van der Waals surface area contributed by atoms with E-state index in [1.807, 2.05) is 13.8 Å². The van der Waals surface area contributed by atoms with Crippen LogP contribution >= 0.6 is 0 Å². The number of carbonyl (C=O) groups is 1. The van der Waals surface area contributed by atoms with Gasteiger partial charge in [-0.1, -0.05) is 6.92 Å². The Kier molecular flexibility index (Phi) is 2.73. The van der Waals surface area contributed by atoms with Crippen molar-refractivity contribution in [1.82, 2.24) is 0 Å². The molecule has 0 aliphatic carbocycles. The number of methoxy groups -OCH3 is 1. The summed E-state index contributed by atoms with van der Waals surface area (Å²) >= 11 is 0. The van der Waals surface area contributed by atoms with Crippen LogP contribution in [0, 0.1) is 5.41 Å². The Hall–Kier alpha value is -0.570. The van der Waals surface area contributed by atoms with Crippen molar-refractivity contribution in [3.8, 4) is 0 Å². The van der Waals surface area contributed by atoms with Gasteiger partial charge in [0.15, 0.2) is 0 Å². The quantitative estimate of drug-likeness (QED) is 0.590. The van der Waals surface area contributed by atoms with E-state index in [0.717, 1.165) is 12.8 Å². The van der Waals surface area contributed by atoms with Crippen molar-refractivity contribution < 1.29 is 14.3 Å². The van der Waals surface area contributed by atoms with Crippen molar-refractivity contribution in [2.45, 2.75) is 32.8 Å². The van der Waals surface area contributed by atoms with Gasteiger partial charge in [0.05, 0.1) is 11.5 Å². The zero-order valence-electron chi connectivity index (χ0n) is 7.92. The van der Waals surface area contributed by atoms with Crippen LogP contribution in [0.3, 0.4) is 0 Å². The van der Waals surface area contributed by atoms with Crippen LogP contribution in [0.4, 0.5) is 0 Å². The van der Waals surface area contributed by atoms with Gasteiger partial charge in [-0.3, -0.25) is 4.79 Å². The first-order valence-corrected chi connectivity index (χ1v) is 4.32. The van der Waals surface area contributed by atoms with Crippen molar-refractivity contribution in [3.05, 3.63) is 0 Å². The molecular weight excluding hydrogens is 156 g/mol. The summed E-state index contributed by atoms with van der Waals surface area (Å²) < 4.78 is 10.2. The molecule has 0 amide bonds. The number of hydrogen-bond acceptors (Lipinski definition) is 3. The number of ether oxygens (including phenoxy) is 2. The number of cyclic esters (lactones) is 1. The lowest BCUT2D eigenvalue weighted by Crippen LogP contribution is -2.42. The van der Waals surface area contributed by atoms with Crippen molar-refractivity contribution in [3.63, 3.8) is 0 Å². The summed E-state index contributed by atoms with van der Waals surface area (Å²) in [5, 5.41) is 0. The molecular formula is C9H16O3. The van der Waals surface area contributed by atoms with Gasteiger partial charge < -0.3 is 9.47 Å². The lowest BCUT2D eigenvalue weighted by molar-refractivity contribution is -0.171. The van der Waals surface area contributed by atoms with Crippen LogP contribution in [0.25, 0.3) is 0 Å². The standard InChI is InChI=1S/C9H16O3/c1-4-9(2)5-7(11-3)6-12-8(9)10/h7H,4-6H2,1-3H3. The van der Waals surface area contributed by atoms with Crippen molar-refractivity contribution in [2.75, 3.05) is 13.7 Å². The molecule has 0 N–H and O–H groups in total. The van der Waals surface area contributed by atoms with E-state index < -0.39 is 0 Å². The average Bonchev–Trinajstić information content (AvgIpc) is 2.10. The maximum Gasteiger partial charge on any atom is 0.311 e. The Morgan fingerprint density at radius 2 is 2.42 bits per heavy atom. The third-order valence-corrected chi connectivity index (χ3v) is 2.68. The maximum atomic E-state index is 11.3. The number of rotatable bonds is 2. The average molecular weight is 172 g/mol. The first kappa shape index (κ1) is 9.52. The minimum atomic E-state index is -0.334. The van der Waals surface area contributed by atoms with Crippen molar-refractivity contribution in [2.24, 2.45) is 5.41 Å². The van der Waals surface area contributed by atoms with Crippen LogP contribution in [0.15, 0.2) is 0 Å². The monoisotopic (exact) mass is 172 g/mol. The van der Waals surface area contributed by atoms with E-state index in [2.05, 4.69) is 0 Å². The van der Waals surface area contributed by atoms with E-state index in [1.165, 1.54) is 0 Å². The molecule has 1 aliphatic rings. The van der Waals surface area contributed by atoms with Gasteiger partial charge in [-0.05, 0) is 19.8 Å². The highest BCUT2D eigenvalue weighted by Crippen LogP contribution is 2.33. The fraction of sp³-hybridized carbons (Fsp3) is 0.889. The largest absolute Gasteiger partial charge is 0.463 e. The van der Waals surface area contributed by atoms with E-state index in [1.54, 1.807) is 7.11 Å². The van der Waals surface area contributed by atoms with E-state index in [4.69, 9.17) is 9.47 Å². The predicted molar refractivity (Wildman–Crippen MR) is 44.8 cm³/mol. The Morgan fingerprint density at radius 3 is 2.92 bits per heavy atom. The van der Waals surface area contributed by atoms with Gasteiger partial charge in [-0.25, -0.2) is 0 Å². The fourth-order valence-electron chi connectivity index (χ4n) is 1.43. The number of esters is 1. The van der Waals surface area contributed by atoms with Gasteiger partial charge in [0.25, 0.3) is 0 Å². The molecule has 3 nitrogen and oxygen atoms in total. The maximum absolute atomic E-state index is 11.3. The molecule has 0 bridgehead atoms. The SMILES string of the molecule is CCC1(C)CC(OC)COC1=O. The lowest BCUT2D eigenvalue weighted by Gasteiger charge is -2.34. The Labute approximate surface area is 73.0 Å². The molecule has 1 heterocycles. The molecule has 0 saturated carbocycles. The van der Waals surface area contributed by atoms with Crippen LogP contribution in [-0.4, -0.2) is 25.8 Å². The van der Waals surface area contributed by atoms with Crippen LogP contribution in [0.1, 0.15) is 26.7 Å². The molecule has 2 atom stereocenters. The van der Waals surface area contributed by atoms with E-state index in [-0.39, 0.29) is 17.5 Å². The normalized spacial score (nSPS) is 36.2. The Morgan fingerprint density at radius 1 is 1.75 bits per heavy atom. The molecule has 1 saturated heterocycles. The van der Waals surface area contributed by atoms with Gasteiger partial charge in [0.1, 0.15) is 6.61 Å². The lowest BCUT2D eigenvalue weighted by atomic mass is 9.80. The van der Waals surface area contributed by atoms with Gasteiger partial charge in [-0.2, -0.15) is 0 Å². The minimum absolute atomic E-state index is 0.0765. The van der Waals surface area contributed by atoms with Crippen LogP contribution in [0.5, 0.6) is 0 Å². The van der Waals surface area contributed by atoms with Gasteiger partial charge in [0, 0.05) is 7.11 Å². The topological polar surface area (TPSA) is 35.5 Å². The van der Waals surface area contributed by atoms with Crippen LogP contribution in [0.2, 0.25) is 0 Å². The Bertz CT molecular complexity index is 179. The van der Waals surface area contributed by atoms with E-state index in [9.17, 15) is 4.79 Å². The third-order valence-electron chi connectivity index (χ3n) is 2.68. The smallest absolute Gasteiger partial charge is 0.311 e. The van der Waals surface area contributed by atoms with Crippen molar-refractivity contribution in [1.29, 1.82) is 0 Å². The molecule has 3 heteroatoms. The molecule has 1 aliphatic heterocycles. The Balaban J connectivity index is 2.65. The summed E-state index contributed by atoms with van der Waals surface area (Å²) in [5.41, 5.74) is -0.334. The van der Waals surface area contributed by atoms with Gasteiger partial charge >= 0.3 is 5.97 Å². The summed E-state index contributed by atoms with van der Waals surface area (Å²) in [4.78, 5) is 11.3. The molecule has 0 aromatic rings. The summed E-state index contributed by atoms with van der Waals surface area (Å²) in [6, 6.07) is 0. The first-order chi connectivity index (χ1) is 5.62. The molecule has 0 radical (unpaired) electrons. The molecule has 1 fully saturated rings. The second kappa shape index (κ2) is 3.44. The van der Waals surface area contributed by atoms with Gasteiger partial charge in [0.2, 0.25) is 0 Å². The minimum Gasteiger partial charge on any atom is -0.463 e. The molecule has 12 heavy (non-hydrogen) atoms. The van der Waals surface area contributed by atoms with Gasteiger partial charge in [-0.15, -0.1) is 0 Å². The molecule has 2 unspecified atom stereocenters. The second-order valence-corrected chi connectivity index (χ2v) is 3.57. The third kappa shape index (κ3) is 1.61. The zero-order valence-corrected chi connectivity index (χ0v) is 7.92. The second-order valence-electron chi connectivity index (χ2n) is 3.57. The summed E-state index contributed by atoms with van der Waals surface area (Å²) in [7, 11) is 1.65. The van der Waals surface area contributed by atoms with Crippen molar-refractivity contribution >= 4 is 5.97 Å². The first-order valence-electron chi connectivity index (χ1n) is 4.32. The van der Waals surface area contributed by atoms with Crippen LogP contribution < -0.4 is 0 Å². The summed E-state index contributed by atoms with van der Waals surface area (Å²) in [5.74, 6) is -0.0849. The van der Waals surface area contributed by atoms with E-state index in [0.29, 0.717) is 6.61 Å². The number of carbonyl (C=O) groups excluding carboxylic acids is 1. The molecule has 0 aromatic carbocycles. The molecule has 0 aromatic heterocycles. The van der Waals surface area contributed by atoms with Crippen LogP contribution in [-0.2, 0) is 14.3 Å². The zero-order chi connectivity index (χ0) is 9.19.